The SMILES string of the molecule is O=Cc1ccc(Oc2ccc(F)cc2F)cc1NC(=O)c1ccccc1. The van der Waals surface area contributed by atoms with Gasteiger partial charge in [0.15, 0.2) is 17.9 Å². The molecule has 0 unspecified atom stereocenters. The van der Waals surface area contributed by atoms with E-state index in [0.29, 0.717) is 17.9 Å². The number of rotatable bonds is 5. The van der Waals surface area contributed by atoms with Gasteiger partial charge in [0.25, 0.3) is 5.91 Å². The number of anilines is 1. The molecule has 130 valence electrons. The quantitative estimate of drug-likeness (QED) is 0.669. The lowest BCUT2D eigenvalue weighted by molar-refractivity contribution is 0.102. The lowest BCUT2D eigenvalue weighted by Crippen LogP contribution is -2.13. The topological polar surface area (TPSA) is 55.4 Å². The minimum absolute atomic E-state index is 0.175. The third kappa shape index (κ3) is 3.92. The van der Waals surface area contributed by atoms with Crippen LogP contribution in [0.5, 0.6) is 11.5 Å². The van der Waals surface area contributed by atoms with Crippen molar-refractivity contribution < 1.29 is 23.1 Å². The van der Waals surface area contributed by atoms with Crippen molar-refractivity contribution in [2.75, 3.05) is 5.32 Å². The summed E-state index contributed by atoms with van der Waals surface area (Å²) in [5.41, 5.74) is 0.871. The molecule has 3 aromatic rings. The van der Waals surface area contributed by atoms with E-state index in [0.717, 1.165) is 12.1 Å². The van der Waals surface area contributed by atoms with Gasteiger partial charge in [-0.2, -0.15) is 0 Å². The summed E-state index contributed by atoms with van der Waals surface area (Å²) in [6.07, 6.45) is 0.586. The number of halogens is 2. The summed E-state index contributed by atoms with van der Waals surface area (Å²) in [7, 11) is 0. The minimum Gasteiger partial charge on any atom is -0.454 e. The Labute approximate surface area is 148 Å². The average molecular weight is 353 g/mol. The number of benzene rings is 3. The fraction of sp³-hybridized carbons (Fsp3) is 0. The van der Waals surface area contributed by atoms with Gasteiger partial charge in [-0.3, -0.25) is 9.59 Å². The van der Waals surface area contributed by atoms with Gasteiger partial charge < -0.3 is 10.1 Å². The van der Waals surface area contributed by atoms with Gasteiger partial charge in [-0.1, -0.05) is 18.2 Å². The van der Waals surface area contributed by atoms with Gasteiger partial charge in [-0.25, -0.2) is 8.78 Å². The zero-order valence-electron chi connectivity index (χ0n) is 13.4. The standard InChI is InChI=1S/C20H13F2NO3/c21-15-7-9-19(17(22)10-15)26-16-8-6-14(12-24)18(11-16)23-20(25)13-4-2-1-3-5-13/h1-12H,(H,23,25). The zero-order valence-corrected chi connectivity index (χ0v) is 13.4. The van der Waals surface area contributed by atoms with Crippen LogP contribution >= 0.6 is 0 Å². The molecule has 0 fully saturated rings. The van der Waals surface area contributed by atoms with Crippen LogP contribution in [0.15, 0.2) is 66.7 Å². The first-order chi connectivity index (χ1) is 12.6. The van der Waals surface area contributed by atoms with E-state index in [4.69, 9.17) is 4.74 Å². The molecule has 0 bridgehead atoms. The van der Waals surface area contributed by atoms with Gasteiger partial charge in [0.1, 0.15) is 11.6 Å². The molecule has 0 aliphatic heterocycles. The molecule has 0 aromatic heterocycles. The van der Waals surface area contributed by atoms with E-state index >= 15 is 0 Å². The summed E-state index contributed by atoms with van der Waals surface area (Å²) < 4.78 is 32.1. The molecule has 26 heavy (non-hydrogen) atoms. The predicted octanol–water partition coefficient (Wildman–Crippen LogP) is 4.82. The Balaban J connectivity index is 1.86. The third-order valence-corrected chi connectivity index (χ3v) is 3.56. The lowest BCUT2D eigenvalue weighted by atomic mass is 10.1. The monoisotopic (exact) mass is 353 g/mol. The first-order valence-corrected chi connectivity index (χ1v) is 7.65. The summed E-state index contributed by atoms with van der Waals surface area (Å²) in [6.45, 7) is 0. The summed E-state index contributed by atoms with van der Waals surface area (Å²) in [5.74, 6) is -1.98. The molecule has 0 heterocycles. The highest BCUT2D eigenvalue weighted by atomic mass is 19.1. The number of nitrogens with one attached hydrogen (secondary N) is 1. The van der Waals surface area contributed by atoms with Crippen LogP contribution in [0.1, 0.15) is 20.7 Å². The number of aldehydes is 1. The van der Waals surface area contributed by atoms with Crippen molar-refractivity contribution in [2.24, 2.45) is 0 Å². The molecule has 4 nitrogen and oxygen atoms in total. The molecule has 3 rings (SSSR count). The molecular formula is C20H13F2NO3. The molecule has 0 radical (unpaired) electrons. The largest absolute Gasteiger partial charge is 0.454 e. The van der Waals surface area contributed by atoms with E-state index in [2.05, 4.69) is 5.32 Å². The van der Waals surface area contributed by atoms with Gasteiger partial charge in [0, 0.05) is 23.3 Å². The van der Waals surface area contributed by atoms with E-state index in [1.54, 1.807) is 30.3 Å². The summed E-state index contributed by atoms with van der Waals surface area (Å²) >= 11 is 0. The predicted molar refractivity (Wildman–Crippen MR) is 92.7 cm³/mol. The molecule has 0 aliphatic carbocycles. The van der Waals surface area contributed by atoms with E-state index in [1.807, 2.05) is 0 Å². The van der Waals surface area contributed by atoms with Crippen molar-refractivity contribution in [3.8, 4) is 11.5 Å². The van der Waals surface area contributed by atoms with Crippen molar-refractivity contribution >= 4 is 17.9 Å². The Hall–Kier alpha value is -3.54. The highest BCUT2D eigenvalue weighted by Gasteiger charge is 2.12. The number of hydrogen-bond acceptors (Lipinski definition) is 3. The lowest BCUT2D eigenvalue weighted by Gasteiger charge is -2.11. The second kappa shape index (κ2) is 7.57. The van der Waals surface area contributed by atoms with Crippen molar-refractivity contribution in [1.82, 2.24) is 0 Å². The van der Waals surface area contributed by atoms with Gasteiger partial charge in [-0.15, -0.1) is 0 Å². The first kappa shape index (κ1) is 17.3. The van der Waals surface area contributed by atoms with Crippen LogP contribution in [-0.2, 0) is 0 Å². The van der Waals surface area contributed by atoms with Crippen LogP contribution in [0.3, 0.4) is 0 Å². The number of amides is 1. The molecule has 1 amide bonds. The maximum atomic E-state index is 13.7. The molecule has 1 N–H and O–H groups in total. The minimum atomic E-state index is -0.862. The zero-order chi connectivity index (χ0) is 18.5. The van der Waals surface area contributed by atoms with Crippen LogP contribution in [0, 0.1) is 11.6 Å². The van der Waals surface area contributed by atoms with Crippen molar-refractivity contribution in [1.29, 1.82) is 0 Å². The second-order valence-corrected chi connectivity index (χ2v) is 5.36. The Morgan fingerprint density at radius 3 is 2.42 bits per heavy atom. The second-order valence-electron chi connectivity index (χ2n) is 5.36. The van der Waals surface area contributed by atoms with Gasteiger partial charge in [-0.05, 0) is 36.4 Å². The van der Waals surface area contributed by atoms with Gasteiger partial charge >= 0.3 is 0 Å². The number of carbonyl (C=O) groups excluding carboxylic acids is 2. The molecule has 3 aromatic carbocycles. The number of ether oxygens (including phenoxy) is 1. The van der Waals surface area contributed by atoms with E-state index in [1.165, 1.54) is 18.2 Å². The molecule has 0 atom stereocenters. The molecule has 0 spiro atoms. The Morgan fingerprint density at radius 2 is 1.73 bits per heavy atom. The van der Waals surface area contributed by atoms with Crippen molar-refractivity contribution in [3.63, 3.8) is 0 Å². The smallest absolute Gasteiger partial charge is 0.255 e. The normalized spacial score (nSPS) is 10.2. The van der Waals surface area contributed by atoms with E-state index in [-0.39, 0.29) is 22.7 Å². The molecular weight excluding hydrogens is 340 g/mol. The Morgan fingerprint density at radius 1 is 0.962 bits per heavy atom. The summed E-state index contributed by atoms with van der Waals surface area (Å²) in [4.78, 5) is 23.5. The maximum Gasteiger partial charge on any atom is 0.255 e. The highest BCUT2D eigenvalue weighted by molar-refractivity contribution is 6.06. The van der Waals surface area contributed by atoms with Crippen molar-refractivity contribution in [2.45, 2.75) is 0 Å². The van der Waals surface area contributed by atoms with Gasteiger partial charge in [0.2, 0.25) is 0 Å². The van der Waals surface area contributed by atoms with E-state index in [9.17, 15) is 18.4 Å². The fourth-order valence-electron chi connectivity index (χ4n) is 2.28. The summed E-state index contributed by atoms with van der Waals surface area (Å²) in [5, 5.41) is 2.62. The highest BCUT2D eigenvalue weighted by Crippen LogP contribution is 2.28. The number of carbonyl (C=O) groups is 2. The van der Waals surface area contributed by atoms with Crippen molar-refractivity contribution in [3.05, 3.63) is 89.5 Å². The van der Waals surface area contributed by atoms with Crippen LogP contribution in [0.4, 0.5) is 14.5 Å². The average Bonchev–Trinajstić information content (AvgIpc) is 2.65. The third-order valence-electron chi connectivity index (χ3n) is 3.56. The molecule has 6 heteroatoms. The maximum absolute atomic E-state index is 13.7. The molecule has 0 aliphatic rings. The fourth-order valence-corrected chi connectivity index (χ4v) is 2.28. The number of hydrogen-bond donors (Lipinski definition) is 1. The van der Waals surface area contributed by atoms with Gasteiger partial charge in [0.05, 0.1) is 5.69 Å². The van der Waals surface area contributed by atoms with Crippen LogP contribution in [0.25, 0.3) is 0 Å². The summed E-state index contributed by atoms with van der Waals surface area (Å²) in [6, 6.07) is 15.7. The van der Waals surface area contributed by atoms with Crippen LogP contribution < -0.4 is 10.1 Å². The molecule has 0 saturated carbocycles. The molecule has 0 saturated heterocycles. The first-order valence-electron chi connectivity index (χ1n) is 7.65. The van der Waals surface area contributed by atoms with Crippen LogP contribution in [-0.4, -0.2) is 12.2 Å². The Bertz CT molecular complexity index is 959. The Kier molecular flexibility index (Phi) is 5.03. The van der Waals surface area contributed by atoms with Crippen LogP contribution in [0.2, 0.25) is 0 Å². The van der Waals surface area contributed by atoms with E-state index < -0.39 is 17.5 Å².